The van der Waals surface area contributed by atoms with Crippen LogP contribution in [0.3, 0.4) is 0 Å². The van der Waals surface area contributed by atoms with E-state index in [1.165, 1.54) is 30.6 Å². The quantitative estimate of drug-likeness (QED) is 0.797. The Morgan fingerprint density at radius 2 is 2.25 bits per heavy atom. The Bertz CT molecular complexity index is 443. The van der Waals surface area contributed by atoms with Gasteiger partial charge < -0.3 is 10.0 Å². The number of nitrogens with one attached hydrogen (secondary N) is 1. The first kappa shape index (κ1) is 15.2. The third-order valence-corrected chi connectivity index (χ3v) is 4.08. The highest BCUT2D eigenvalue weighted by molar-refractivity contribution is 7.13. The molecule has 0 aromatic carbocycles. The van der Waals surface area contributed by atoms with Crippen molar-refractivity contribution in [3.63, 3.8) is 0 Å². The summed E-state index contributed by atoms with van der Waals surface area (Å²) in [4.78, 5) is 18.7. The molecule has 1 aliphatic heterocycles. The van der Waals surface area contributed by atoms with E-state index in [4.69, 9.17) is 0 Å². The molecule has 1 fully saturated rings. The van der Waals surface area contributed by atoms with Crippen molar-refractivity contribution in [2.75, 3.05) is 31.6 Å². The summed E-state index contributed by atoms with van der Waals surface area (Å²) in [6, 6.07) is 0. The minimum atomic E-state index is -0.486. The van der Waals surface area contributed by atoms with Crippen LogP contribution < -0.4 is 10.3 Å². The summed E-state index contributed by atoms with van der Waals surface area (Å²) >= 11 is 1.51. The van der Waals surface area contributed by atoms with Crippen LogP contribution in [0, 0.1) is 0 Å². The zero-order valence-electron chi connectivity index (χ0n) is 12.0. The fourth-order valence-electron chi connectivity index (χ4n) is 2.27. The average molecular weight is 298 g/mol. The van der Waals surface area contributed by atoms with Gasteiger partial charge in [0.25, 0.3) is 5.91 Å². The van der Waals surface area contributed by atoms with Crippen molar-refractivity contribution in [3.05, 3.63) is 11.1 Å². The van der Waals surface area contributed by atoms with Gasteiger partial charge in [-0.15, -0.1) is 11.3 Å². The number of carbonyl (C=O) groups excluding carboxylic acids is 1. The average Bonchev–Trinajstić information content (AvgIpc) is 2.88. The van der Waals surface area contributed by atoms with Gasteiger partial charge in [-0.3, -0.25) is 10.2 Å². The summed E-state index contributed by atoms with van der Waals surface area (Å²) < 4.78 is 0. The molecule has 1 aliphatic rings. The molecule has 7 heteroatoms. The molecule has 112 valence electrons. The number of aliphatic hydroxyl groups excluding tert-OH is 1. The van der Waals surface area contributed by atoms with E-state index in [0.717, 1.165) is 18.2 Å². The molecule has 1 atom stereocenters. The molecule has 0 aliphatic carbocycles. The Hall–Kier alpha value is -1.18. The van der Waals surface area contributed by atoms with Gasteiger partial charge in [0.15, 0.2) is 5.13 Å². The summed E-state index contributed by atoms with van der Waals surface area (Å²) in [7, 11) is 1.72. The summed E-state index contributed by atoms with van der Waals surface area (Å²) in [6.07, 6.45) is 3.18. The maximum Gasteiger partial charge on any atom is 0.285 e. The van der Waals surface area contributed by atoms with E-state index in [1.54, 1.807) is 24.4 Å². The van der Waals surface area contributed by atoms with Gasteiger partial charge in [-0.25, -0.2) is 9.99 Å². The fraction of sp³-hybridized carbons (Fsp3) is 0.692. The van der Waals surface area contributed by atoms with E-state index in [-0.39, 0.29) is 5.91 Å². The molecule has 6 nitrogen and oxygen atoms in total. The van der Waals surface area contributed by atoms with Gasteiger partial charge in [0.1, 0.15) is 5.69 Å². The number of aliphatic hydroxyl groups is 1. The van der Waals surface area contributed by atoms with Gasteiger partial charge in [0.05, 0.1) is 6.10 Å². The Kier molecular flexibility index (Phi) is 5.33. The van der Waals surface area contributed by atoms with E-state index >= 15 is 0 Å². The highest BCUT2D eigenvalue weighted by Crippen LogP contribution is 2.23. The predicted molar refractivity (Wildman–Crippen MR) is 80.0 cm³/mol. The molecular weight excluding hydrogens is 276 g/mol. The molecular formula is C13H22N4O2S. The molecule has 1 aromatic heterocycles. The van der Waals surface area contributed by atoms with Gasteiger partial charge in [-0.05, 0) is 26.2 Å². The Labute approximate surface area is 123 Å². The number of nitrogens with zero attached hydrogens (tertiary/aromatic N) is 3. The normalized spacial score (nSPS) is 17.3. The number of aromatic nitrogens is 1. The standard InChI is InChI=1S/C13H22N4O2S/c1-10(18)8-16(2)15-12(19)11-9-20-13(14-11)17-6-4-3-5-7-17/h9-10,18H,3-8H2,1-2H3,(H,15,19). The van der Waals surface area contributed by atoms with Crippen molar-refractivity contribution in [1.82, 2.24) is 15.4 Å². The minimum Gasteiger partial charge on any atom is -0.392 e. The molecule has 0 saturated carbocycles. The fourth-order valence-corrected chi connectivity index (χ4v) is 3.13. The van der Waals surface area contributed by atoms with E-state index in [0.29, 0.717) is 12.2 Å². The molecule has 1 aromatic rings. The molecule has 2 N–H and O–H groups in total. The molecule has 2 heterocycles. The number of carbonyl (C=O) groups is 1. The number of likely N-dealkylation sites (N-methyl/N-ethyl adjacent to an activating group) is 1. The van der Waals surface area contributed by atoms with Crippen LogP contribution in [0.4, 0.5) is 5.13 Å². The molecule has 2 rings (SSSR count). The largest absolute Gasteiger partial charge is 0.392 e. The van der Waals surface area contributed by atoms with E-state index < -0.39 is 6.10 Å². The number of hydrogen-bond donors (Lipinski definition) is 2. The predicted octanol–water partition coefficient (Wildman–Crippen LogP) is 1.09. The molecule has 1 unspecified atom stereocenters. The Balaban J connectivity index is 1.92. The van der Waals surface area contributed by atoms with E-state index in [2.05, 4.69) is 15.3 Å². The summed E-state index contributed by atoms with van der Waals surface area (Å²) in [5.74, 6) is -0.229. The molecule has 0 bridgehead atoms. The number of amides is 1. The Morgan fingerprint density at radius 1 is 1.55 bits per heavy atom. The monoisotopic (exact) mass is 298 g/mol. The van der Waals surface area contributed by atoms with Gasteiger partial charge in [-0.1, -0.05) is 0 Å². The molecule has 1 saturated heterocycles. The second-order valence-corrected chi connectivity index (χ2v) is 6.07. The van der Waals surface area contributed by atoms with Crippen molar-refractivity contribution >= 4 is 22.4 Å². The van der Waals surface area contributed by atoms with Crippen LogP contribution in [0.25, 0.3) is 0 Å². The van der Waals surface area contributed by atoms with Gasteiger partial charge in [-0.2, -0.15) is 0 Å². The first-order valence-corrected chi connectivity index (χ1v) is 7.85. The molecule has 1 amide bonds. The highest BCUT2D eigenvalue weighted by atomic mass is 32.1. The number of anilines is 1. The van der Waals surface area contributed by atoms with Crippen molar-refractivity contribution < 1.29 is 9.90 Å². The minimum absolute atomic E-state index is 0.229. The topological polar surface area (TPSA) is 68.7 Å². The SMILES string of the molecule is CC(O)CN(C)NC(=O)c1csc(N2CCCCC2)n1. The zero-order chi connectivity index (χ0) is 14.5. The molecule has 0 radical (unpaired) electrons. The lowest BCUT2D eigenvalue weighted by atomic mass is 10.1. The first-order valence-electron chi connectivity index (χ1n) is 6.97. The van der Waals surface area contributed by atoms with Gasteiger partial charge in [0.2, 0.25) is 0 Å². The van der Waals surface area contributed by atoms with Crippen molar-refractivity contribution in [1.29, 1.82) is 0 Å². The van der Waals surface area contributed by atoms with Gasteiger partial charge >= 0.3 is 0 Å². The smallest absolute Gasteiger partial charge is 0.285 e. The van der Waals surface area contributed by atoms with Crippen LogP contribution in [0.5, 0.6) is 0 Å². The summed E-state index contributed by atoms with van der Waals surface area (Å²) in [5, 5.41) is 13.6. The van der Waals surface area contributed by atoms with Crippen LogP contribution in [-0.2, 0) is 0 Å². The van der Waals surface area contributed by atoms with Crippen LogP contribution in [0.2, 0.25) is 0 Å². The number of rotatable bonds is 5. The lowest BCUT2D eigenvalue weighted by Gasteiger charge is -2.25. The lowest BCUT2D eigenvalue weighted by Crippen LogP contribution is -2.42. The maximum atomic E-state index is 12.0. The Morgan fingerprint density at radius 3 is 2.90 bits per heavy atom. The van der Waals surface area contributed by atoms with Crippen molar-refractivity contribution in [2.45, 2.75) is 32.3 Å². The van der Waals surface area contributed by atoms with Crippen LogP contribution >= 0.6 is 11.3 Å². The third kappa shape index (κ3) is 4.16. The second kappa shape index (κ2) is 7.01. The van der Waals surface area contributed by atoms with Crippen LogP contribution in [-0.4, -0.2) is 53.8 Å². The zero-order valence-corrected chi connectivity index (χ0v) is 12.8. The summed E-state index contributed by atoms with van der Waals surface area (Å²) in [6.45, 7) is 4.11. The van der Waals surface area contributed by atoms with Crippen molar-refractivity contribution in [2.24, 2.45) is 0 Å². The van der Waals surface area contributed by atoms with E-state index in [9.17, 15) is 9.90 Å². The highest BCUT2D eigenvalue weighted by Gasteiger charge is 2.18. The van der Waals surface area contributed by atoms with Crippen LogP contribution in [0.15, 0.2) is 5.38 Å². The van der Waals surface area contributed by atoms with Crippen LogP contribution in [0.1, 0.15) is 36.7 Å². The maximum absolute atomic E-state index is 12.0. The van der Waals surface area contributed by atoms with Crippen molar-refractivity contribution in [3.8, 4) is 0 Å². The lowest BCUT2D eigenvalue weighted by molar-refractivity contribution is 0.0725. The van der Waals surface area contributed by atoms with E-state index in [1.807, 2.05) is 0 Å². The van der Waals surface area contributed by atoms with Gasteiger partial charge in [0, 0.05) is 32.1 Å². The molecule has 20 heavy (non-hydrogen) atoms. The number of thiazole rings is 1. The third-order valence-electron chi connectivity index (χ3n) is 3.18. The first-order chi connectivity index (χ1) is 9.56. The second-order valence-electron chi connectivity index (χ2n) is 5.23. The number of piperidine rings is 1. The number of hydrazine groups is 1. The summed E-state index contributed by atoms with van der Waals surface area (Å²) in [5.41, 5.74) is 3.14. The number of hydrogen-bond acceptors (Lipinski definition) is 6. The molecule has 0 spiro atoms.